The summed E-state index contributed by atoms with van der Waals surface area (Å²) >= 11 is 6.57. The summed E-state index contributed by atoms with van der Waals surface area (Å²) in [5, 5.41) is 16.5. The van der Waals surface area contributed by atoms with Crippen molar-refractivity contribution < 1.29 is 18.6 Å². The second kappa shape index (κ2) is 9.89. The molecule has 6 heterocycles. The minimum atomic E-state index is -0.861. The third kappa shape index (κ3) is 4.28. The fraction of sp³-hybridized carbons (Fsp3) is 0.438. The third-order valence-electron chi connectivity index (χ3n) is 9.72. The van der Waals surface area contributed by atoms with Gasteiger partial charge in [0.1, 0.15) is 29.7 Å². The smallest absolute Gasteiger partial charge is 0.216 e. The number of anilines is 1. The van der Waals surface area contributed by atoms with Gasteiger partial charge in [-0.05, 0) is 55.8 Å². The first-order valence-corrected chi connectivity index (χ1v) is 15.2. The minimum Gasteiger partial charge on any atom is -0.508 e. The predicted octanol–water partition coefficient (Wildman–Crippen LogP) is 5.84. The molecule has 4 aromatic rings. The van der Waals surface area contributed by atoms with Crippen LogP contribution in [0.1, 0.15) is 32.1 Å². The molecule has 2 N–H and O–H groups in total. The summed E-state index contributed by atoms with van der Waals surface area (Å²) in [6, 6.07) is 11.1. The van der Waals surface area contributed by atoms with Crippen molar-refractivity contribution in [2.45, 2.75) is 55.9 Å². The number of ether oxygens (including phenoxy) is 1. The summed E-state index contributed by atoms with van der Waals surface area (Å²) in [4.78, 5) is 13.8. The molecule has 4 atom stereocenters. The number of halogens is 3. The first-order chi connectivity index (χ1) is 20.4. The van der Waals surface area contributed by atoms with Gasteiger partial charge in [0, 0.05) is 71.8 Å². The molecule has 10 heteroatoms. The van der Waals surface area contributed by atoms with Crippen molar-refractivity contribution in [2.75, 3.05) is 37.7 Å². The van der Waals surface area contributed by atoms with E-state index < -0.39 is 12.0 Å². The van der Waals surface area contributed by atoms with Gasteiger partial charge >= 0.3 is 0 Å². The van der Waals surface area contributed by atoms with E-state index in [2.05, 4.69) is 20.1 Å². The number of benzene rings is 2. The average Bonchev–Trinajstić information content (AvgIpc) is 3.61. The summed E-state index contributed by atoms with van der Waals surface area (Å²) in [6.45, 7) is 3.21. The Morgan fingerprint density at radius 1 is 1.14 bits per heavy atom. The Kier molecular flexibility index (Phi) is 6.21. The minimum absolute atomic E-state index is 0.00816. The monoisotopic (exact) mass is 591 g/mol. The molecule has 218 valence electrons. The molecule has 0 saturated carbocycles. The number of rotatable bonds is 5. The molecule has 7 nitrogen and oxygen atoms in total. The molecule has 2 unspecified atom stereocenters. The van der Waals surface area contributed by atoms with E-state index in [9.17, 15) is 9.50 Å². The Bertz CT molecular complexity index is 1710. The molecule has 4 aliphatic rings. The van der Waals surface area contributed by atoms with Crippen molar-refractivity contribution >= 4 is 39.0 Å². The molecule has 2 aromatic heterocycles. The lowest BCUT2D eigenvalue weighted by atomic mass is 9.95. The van der Waals surface area contributed by atoms with Crippen LogP contribution in [0.3, 0.4) is 0 Å². The number of piperazine rings is 1. The SMILES string of the molecule is Oc1cc(-c2ncc3c(N4CC5CCC(C4)N5)cc(OC[C@@]45CCCN4C[C@H](F)C5)nc3c2F)c2c(Cl)cccc2c1. The van der Waals surface area contributed by atoms with Gasteiger partial charge in [0.05, 0.1) is 11.2 Å². The maximum absolute atomic E-state index is 16.7. The van der Waals surface area contributed by atoms with Crippen molar-refractivity contribution in [1.29, 1.82) is 0 Å². The lowest BCUT2D eigenvalue weighted by molar-refractivity contribution is 0.111. The van der Waals surface area contributed by atoms with Gasteiger partial charge in [0.25, 0.3) is 0 Å². The molecular weight excluding hydrogens is 560 g/mol. The van der Waals surface area contributed by atoms with Crippen LogP contribution in [0.5, 0.6) is 11.6 Å². The topological polar surface area (TPSA) is 73.8 Å². The normalized spacial score (nSPS) is 27.3. The molecule has 0 spiro atoms. The highest BCUT2D eigenvalue weighted by molar-refractivity contribution is 6.36. The molecule has 2 bridgehead atoms. The van der Waals surface area contributed by atoms with E-state index in [4.69, 9.17) is 21.3 Å². The van der Waals surface area contributed by atoms with E-state index in [1.807, 2.05) is 12.1 Å². The first-order valence-electron chi connectivity index (χ1n) is 14.8. The quantitative estimate of drug-likeness (QED) is 0.302. The van der Waals surface area contributed by atoms with Gasteiger partial charge in [0.15, 0.2) is 5.82 Å². The molecule has 0 amide bonds. The van der Waals surface area contributed by atoms with Gasteiger partial charge in [-0.15, -0.1) is 0 Å². The van der Waals surface area contributed by atoms with Crippen LogP contribution in [-0.4, -0.2) is 76.6 Å². The molecule has 4 saturated heterocycles. The number of hydrogen-bond donors (Lipinski definition) is 2. The second-order valence-electron chi connectivity index (χ2n) is 12.4. The zero-order valence-electron chi connectivity index (χ0n) is 23.1. The number of nitrogens with one attached hydrogen (secondary N) is 1. The molecular formula is C32H32ClF2N5O2. The van der Waals surface area contributed by atoms with Crippen molar-refractivity contribution in [2.24, 2.45) is 0 Å². The predicted molar refractivity (Wildman–Crippen MR) is 160 cm³/mol. The van der Waals surface area contributed by atoms with Crippen molar-refractivity contribution in [3.63, 3.8) is 0 Å². The largest absolute Gasteiger partial charge is 0.508 e. The van der Waals surface area contributed by atoms with Crippen molar-refractivity contribution in [1.82, 2.24) is 20.2 Å². The Morgan fingerprint density at radius 2 is 1.98 bits per heavy atom. The number of aromatic hydroxyl groups is 1. The third-order valence-corrected chi connectivity index (χ3v) is 10.0. The molecule has 2 aromatic carbocycles. The number of aromatic nitrogens is 2. The van der Waals surface area contributed by atoms with E-state index in [-0.39, 0.29) is 22.5 Å². The fourth-order valence-corrected chi connectivity index (χ4v) is 8.12. The van der Waals surface area contributed by atoms with Crippen molar-refractivity contribution in [3.05, 3.63) is 53.4 Å². The number of fused-ring (bicyclic) bond motifs is 5. The number of hydrogen-bond acceptors (Lipinski definition) is 7. The summed E-state index contributed by atoms with van der Waals surface area (Å²) < 4.78 is 37.4. The standard InChI is InChI=1S/C32H32ClF2N5O2/c33-25-4-1-3-18-9-22(41)10-23(28(18)25)30-29(35)31-24(13-36-30)26(39-15-20-5-6-21(16-39)37-20)11-27(38-31)42-17-32-7-2-8-40(32)14-19(34)12-32/h1,3-4,9-11,13,19-21,37,41H,2,5-8,12,14-17H2/t19-,20?,21?,32+/m1/s1. The van der Waals surface area contributed by atoms with Crippen LogP contribution >= 0.6 is 11.6 Å². The number of pyridine rings is 2. The summed E-state index contributed by atoms with van der Waals surface area (Å²) in [7, 11) is 0. The van der Waals surface area contributed by atoms with E-state index in [1.54, 1.807) is 24.4 Å². The first kappa shape index (κ1) is 26.4. The molecule has 0 aliphatic carbocycles. The van der Waals surface area contributed by atoms with Gasteiger partial charge in [-0.3, -0.25) is 9.88 Å². The molecule has 4 aliphatic heterocycles. The lowest BCUT2D eigenvalue weighted by Crippen LogP contribution is -2.51. The summed E-state index contributed by atoms with van der Waals surface area (Å²) in [5.74, 6) is -0.289. The van der Waals surface area contributed by atoms with E-state index in [0.29, 0.717) is 64.3 Å². The molecule has 42 heavy (non-hydrogen) atoms. The summed E-state index contributed by atoms with van der Waals surface area (Å²) in [6.07, 6.45) is 5.36. The Hall–Kier alpha value is -3.27. The van der Waals surface area contributed by atoms with Gasteiger partial charge in [0.2, 0.25) is 5.88 Å². The maximum Gasteiger partial charge on any atom is 0.216 e. The average molecular weight is 592 g/mol. The van der Waals surface area contributed by atoms with Gasteiger partial charge in [-0.2, -0.15) is 0 Å². The number of phenols is 1. The lowest BCUT2D eigenvalue weighted by Gasteiger charge is -2.35. The Morgan fingerprint density at radius 3 is 2.81 bits per heavy atom. The fourth-order valence-electron chi connectivity index (χ4n) is 7.84. The zero-order valence-corrected chi connectivity index (χ0v) is 23.9. The van der Waals surface area contributed by atoms with Crippen LogP contribution in [0.25, 0.3) is 32.9 Å². The Balaban J connectivity index is 1.26. The van der Waals surface area contributed by atoms with Crippen LogP contribution in [0.4, 0.5) is 14.5 Å². The van der Waals surface area contributed by atoms with Gasteiger partial charge in [-0.25, -0.2) is 13.8 Å². The van der Waals surface area contributed by atoms with Gasteiger partial charge < -0.3 is 20.1 Å². The van der Waals surface area contributed by atoms with Crippen LogP contribution in [0, 0.1) is 5.82 Å². The van der Waals surface area contributed by atoms with Crippen molar-refractivity contribution in [3.8, 4) is 22.9 Å². The highest BCUT2D eigenvalue weighted by Crippen LogP contribution is 2.43. The highest BCUT2D eigenvalue weighted by atomic mass is 35.5. The number of phenolic OH excluding ortho intramolecular Hbond substituents is 1. The van der Waals surface area contributed by atoms with E-state index in [0.717, 1.165) is 51.0 Å². The number of nitrogens with zero attached hydrogens (tertiary/aromatic N) is 4. The molecule has 4 fully saturated rings. The van der Waals surface area contributed by atoms with Gasteiger partial charge in [-0.1, -0.05) is 23.7 Å². The summed E-state index contributed by atoms with van der Waals surface area (Å²) in [5.41, 5.74) is 1.09. The number of alkyl halides is 1. The van der Waals surface area contributed by atoms with Crippen LogP contribution in [0.2, 0.25) is 5.02 Å². The maximum atomic E-state index is 16.7. The zero-order chi connectivity index (χ0) is 28.6. The Labute approximate surface area is 247 Å². The second-order valence-corrected chi connectivity index (χ2v) is 12.8. The highest BCUT2D eigenvalue weighted by Gasteiger charge is 2.49. The molecule has 0 radical (unpaired) electrons. The molecule has 8 rings (SSSR count). The van der Waals surface area contributed by atoms with E-state index >= 15 is 4.39 Å². The van der Waals surface area contributed by atoms with Crippen LogP contribution in [0.15, 0.2) is 42.6 Å². The van der Waals surface area contributed by atoms with Crippen LogP contribution < -0.4 is 15.0 Å². The van der Waals surface area contributed by atoms with E-state index in [1.165, 1.54) is 6.07 Å². The van der Waals surface area contributed by atoms with Crippen LogP contribution in [-0.2, 0) is 0 Å².